The van der Waals surface area contributed by atoms with Crippen LogP contribution in [0.1, 0.15) is 24.5 Å². The first-order chi connectivity index (χ1) is 14.0. The van der Waals surface area contributed by atoms with Gasteiger partial charge in [0, 0.05) is 13.0 Å². The molecule has 1 aliphatic heterocycles. The molecule has 0 unspecified atom stereocenters. The van der Waals surface area contributed by atoms with Crippen molar-refractivity contribution < 1.29 is 18.1 Å². The molecule has 0 saturated carbocycles. The molecule has 1 amide bonds. The minimum Gasteiger partial charge on any atom is -0.332 e. The van der Waals surface area contributed by atoms with Crippen LogP contribution in [0.3, 0.4) is 0 Å². The van der Waals surface area contributed by atoms with Gasteiger partial charge in [0.25, 0.3) is 0 Å². The maximum Gasteiger partial charge on any atom is 0.240 e. The number of rotatable bonds is 8. The lowest BCUT2D eigenvalue weighted by atomic mass is 10.1. The first-order valence-corrected chi connectivity index (χ1v) is 11.7. The van der Waals surface area contributed by atoms with E-state index in [1.54, 1.807) is 29.2 Å². The normalized spacial score (nSPS) is 15.4. The Hall–Kier alpha value is -2.22. The Morgan fingerprint density at radius 2 is 1.66 bits per heavy atom. The van der Waals surface area contributed by atoms with E-state index in [9.17, 15) is 13.2 Å². The molecule has 0 aliphatic carbocycles. The molecule has 0 radical (unpaired) electrons. The summed E-state index contributed by atoms with van der Waals surface area (Å²) in [5, 5.41) is 0. The lowest BCUT2D eigenvalue weighted by molar-refractivity contribution is -0.902. The average Bonchev–Trinajstić information content (AvgIpc) is 2.77. The fourth-order valence-electron chi connectivity index (χ4n) is 3.53. The zero-order valence-electron chi connectivity index (χ0n) is 16.9. The molecule has 0 spiro atoms. The number of piperazine rings is 1. The quantitative estimate of drug-likeness (QED) is 0.670. The van der Waals surface area contributed by atoms with Gasteiger partial charge in [0.15, 0.2) is 0 Å². The van der Waals surface area contributed by atoms with Crippen molar-refractivity contribution >= 4 is 15.9 Å². The summed E-state index contributed by atoms with van der Waals surface area (Å²) in [6, 6.07) is 16.2. The van der Waals surface area contributed by atoms with Crippen LogP contribution in [0.4, 0.5) is 0 Å². The SMILES string of the molecule is CC[NH+]1CCN(C(=O)CCc2ccc(S(=O)(=O)NCc3ccccc3)cc2)CC1. The Kier molecular flexibility index (Phi) is 7.41. The van der Waals surface area contributed by atoms with E-state index >= 15 is 0 Å². The molecule has 2 aromatic rings. The summed E-state index contributed by atoms with van der Waals surface area (Å²) >= 11 is 0. The Bertz CT molecular complexity index is 891. The van der Waals surface area contributed by atoms with Crippen LogP contribution in [0, 0.1) is 0 Å². The van der Waals surface area contributed by atoms with E-state index in [2.05, 4.69) is 11.6 Å². The number of likely N-dealkylation sites (N-methyl/N-ethyl adjacent to an activating group) is 1. The molecule has 6 nitrogen and oxygen atoms in total. The van der Waals surface area contributed by atoms with Gasteiger partial charge >= 0.3 is 0 Å². The van der Waals surface area contributed by atoms with Gasteiger partial charge in [-0.05, 0) is 36.6 Å². The van der Waals surface area contributed by atoms with Crippen molar-refractivity contribution in [3.8, 4) is 0 Å². The monoisotopic (exact) mass is 416 g/mol. The Morgan fingerprint density at radius 1 is 1.00 bits per heavy atom. The number of aryl methyl sites for hydroxylation is 1. The van der Waals surface area contributed by atoms with Gasteiger partial charge in [-0.1, -0.05) is 42.5 Å². The maximum atomic E-state index is 12.5. The predicted molar refractivity (Wildman–Crippen MR) is 113 cm³/mol. The van der Waals surface area contributed by atoms with E-state index in [0.29, 0.717) is 12.8 Å². The van der Waals surface area contributed by atoms with E-state index in [1.807, 2.05) is 35.2 Å². The molecule has 2 N–H and O–H groups in total. The maximum absolute atomic E-state index is 12.5. The number of nitrogens with zero attached hydrogens (tertiary/aromatic N) is 1. The Balaban J connectivity index is 1.50. The third-order valence-electron chi connectivity index (χ3n) is 5.49. The highest BCUT2D eigenvalue weighted by Crippen LogP contribution is 2.13. The van der Waals surface area contributed by atoms with E-state index in [1.165, 1.54) is 0 Å². The standard InChI is InChI=1S/C22H29N3O3S/c1-2-24-14-16-25(17-15-24)22(26)13-10-19-8-11-21(12-9-19)29(27,28)23-18-20-6-4-3-5-7-20/h3-9,11-12,23H,2,10,13-18H2,1H3/p+1. The van der Waals surface area contributed by atoms with Crippen molar-refractivity contribution in [3.05, 3.63) is 65.7 Å². The fraction of sp³-hybridized carbons (Fsp3) is 0.409. The van der Waals surface area contributed by atoms with E-state index in [4.69, 9.17) is 0 Å². The summed E-state index contributed by atoms with van der Waals surface area (Å²) in [5.74, 6) is 0.182. The molecule has 0 aromatic heterocycles. The molecule has 1 aliphatic rings. The zero-order chi connectivity index (χ0) is 20.7. The van der Waals surface area contributed by atoms with Crippen molar-refractivity contribution in [1.82, 2.24) is 9.62 Å². The number of benzene rings is 2. The van der Waals surface area contributed by atoms with E-state index in [-0.39, 0.29) is 17.3 Å². The molecular formula is C22H30N3O3S+. The third kappa shape index (κ3) is 6.13. The van der Waals surface area contributed by atoms with Crippen LogP contribution in [-0.4, -0.2) is 51.9 Å². The van der Waals surface area contributed by atoms with Gasteiger partial charge in [0.2, 0.25) is 15.9 Å². The summed E-state index contributed by atoms with van der Waals surface area (Å²) in [6.07, 6.45) is 1.08. The van der Waals surface area contributed by atoms with Gasteiger partial charge in [-0.15, -0.1) is 0 Å². The molecule has 1 saturated heterocycles. The van der Waals surface area contributed by atoms with Crippen molar-refractivity contribution in [2.75, 3.05) is 32.7 Å². The van der Waals surface area contributed by atoms with E-state index < -0.39 is 10.0 Å². The largest absolute Gasteiger partial charge is 0.332 e. The number of amides is 1. The predicted octanol–water partition coefficient (Wildman–Crippen LogP) is 0.845. The summed E-state index contributed by atoms with van der Waals surface area (Å²) < 4.78 is 27.6. The molecule has 156 valence electrons. The zero-order valence-corrected chi connectivity index (χ0v) is 17.7. The molecule has 29 heavy (non-hydrogen) atoms. The van der Waals surface area contributed by atoms with Crippen LogP contribution >= 0.6 is 0 Å². The highest BCUT2D eigenvalue weighted by molar-refractivity contribution is 7.89. The second-order valence-corrected chi connectivity index (χ2v) is 9.21. The lowest BCUT2D eigenvalue weighted by Gasteiger charge is -2.31. The van der Waals surface area contributed by atoms with Gasteiger partial charge in [-0.3, -0.25) is 4.79 Å². The summed E-state index contributed by atoms with van der Waals surface area (Å²) in [5.41, 5.74) is 1.88. The summed E-state index contributed by atoms with van der Waals surface area (Å²) in [4.78, 5) is 16.2. The molecule has 3 rings (SSSR count). The fourth-order valence-corrected chi connectivity index (χ4v) is 4.55. The smallest absolute Gasteiger partial charge is 0.240 e. The summed E-state index contributed by atoms with van der Waals surface area (Å²) in [7, 11) is -3.56. The lowest BCUT2D eigenvalue weighted by Crippen LogP contribution is -3.14. The molecule has 1 heterocycles. The van der Waals surface area contributed by atoms with Crippen LogP contribution in [0.15, 0.2) is 59.5 Å². The van der Waals surface area contributed by atoms with Gasteiger partial charge in [-0.2, -0.15) is 0 Å². The number of nitrogens with one attached hydrogen (secondary N) is 2. The number of carbonyl (C=O) groups is 1. The van der Waals surface area contributed by atoms with Gasteiger partial charge < -0.3 is 9.80 Å². The first-order valence-electron chi connectivity index (χ1n) is 10.2. The minimum atomic E-state index is -3.56. The highest BCUT2D eigenvalue weighted by Gasteiger charge is 2.22. The Morgan fingerprint density at radius 3 is 2.28 bits per heavy atom. The molecule has 0 atom stereocenters. The number of hydrogen-bond acceptors (Lipinski definition) is 3. The van der Waals surface area contributed by atoms with Crippen LogP contribution in [-0.2, 0) is 27.8 Å². The molecule has 1 fully saturated rings. The molecule has 2 aromatic carbocycles. The number of quaternary nitrogens is 1. The molecule has 7 heteroatoms. The van der Waals surface area contributed by atoms with Gasteiger partial charge in [0.05, 0.1) is 37.6 Å². The van der Waals surface area contributed by atoms with Gasteiger partial charge in [0.1, 0.15) is 0 Å². The number of carbonyl (C=O) groups excluding carboxylic acids is 1. The minimum absolute atomic E-state index is 0.182. The highest BCUT2D eigenvalue weighted by atomic mass is 32.2. The Labute approximate surface area is 173 Å². The average molecular weight is 417 g/mol. The molecular weight excluding hydrogens is 386 g/mol. The van der Waals surface area contributed by atoms with Crippen molar-refractivity contribution in [2.45, 2.75) is 31.2 Å². The third-order valence-corrected chi connectivity index (χ3v) is 6.91. The van der Waals surface area contributed by atoms with E-state index in [0.717, 1.165) is 43.9 Å². The first kappa shape index (κ1) is 21.5. The number of sulfonamides is 1. The van der Waals surface area contributed by atoms with Crippen molar-refractivity contribution in [2.24, 2.45) is 0 Å². The molecule has 0 bridgehead atoms. The second-order valence-electron chi connectivity index (χ2n) is 7.44. The van der Waals surface area contributed by atoms with Crippen molar-refractivity contribution in [1.29, 1.82) is 0 Å². The van der Waals surface area contributed by atoms with Crippen LogP contribution in [0.5, 0.6) is 0 Å². The second kappa shape index (κ2) is 10.0. The number of hydrogen-bond donors (Lipinski definition) is 2. The van der Waals surface area contributed by atoms with Crippen LogP contribution < -0.4 is 9.62 Å². The van der Waals surface area contributed by atoms with Crippen LogP contribution in [0.2, 0.25) is 0 Å². The van der Waals surface area contributed by atoms with Crippen LogP contribution in [0.25, 0.3) is 0 Å². The van der Waals surface area contributed by atoms with Crippen molar-refractivity contribution in [3.63, 3.8) is 0 Å². The van der Waals surface area contributed by atoms with Gasteiger partial charge in [-0.25, -0.2) is 13.1 Å². The topological polar surface area (TPSA) is 70.9 Å². The summed E-state index contributed by atoms with van der Waals surface area (Å²) in [6.45, 7) is 7.23.